The van der Waals surface area contributed by atoms with Crippen molar-refractivity contribution in [3.05, 3.63) is 94.5 Å². The predicted octanol–water partition coefficient (Wildman–Crippen LogP) is 4.93. The highest BCUT2D eigenvalue weighted by atomic mass is 16.5. The van der Waals surface area contributed by atoms with Gasteiger partial charge in [-0.2, -0.15) is 0 Å². The van der Waals surface area contributed by atoms with Crippen molar-refractivity contribution in [1.82, 2.24) is 0 Å². The standard InChI is InChI=1S/C28H27NO5/c1-3-20(28(32)33)16-19-10-8-18(9-11-19)12-13-21-14-15-22(17-25(21)34-2)29-26(30)23-6-4-5-7-24(23)27(29)31/h4-11,14-15,17,20H,3,12-13,16H2,1-2H3,(H,32,33)/t20-/m1/s1. The summed E-state index contributed by atoms with van der Waals surface area (Å²) in [4.78, 5) is 38.0. The molecule has 3 aromatic rings. The highest BCUT2D eigenvalue weighted by Gasteiger charge is 2.36. The summed E-state index contributed by atoms with van der Waals surface area (Å²) in [5.41, 5.74) is 4.43. The number of ether oxygens (including phenoxy) is 1. The molecule has 0 saturated heterocycles. The topological polar surface area (TPSA) is 83.9 Å². The lowest BCUT2D eigenvalue weighted by molar-refractivity contribution is -0.141. The van der Waals surface area contributed by atoms with E-state index in [0.29, 0.717) is 35.4 Å². The van der Waals surface area contributed by atoms with Gasteiger partial charge in [-0.05, 0) is 60.6 Å². The lowest BCUT2D eigenvalue weighted by Crippen LogP contribution is -2.29. The molecule has 1 heterocycles. The van der Waals surface area contributed by atoms with Gasteiger partial charge >= 0.3 is 5.97 Å². The molecule has 0 radical (unpaired) electrons. The van der Waals surface area contributed by atoms with Crippen LogP contribution < -0.4 is 9.64 Å². The molecule has 174 valence electrons. The number of carbonyl (C=O) groups is 3. The Morgan fingerprint density at radius 3 is 2.09 bits per heavy atom. The van der Waals surface area contributed by atoms with E-state index in [4.69, 9.17) is 4.74 Å². The Kier molecular flexibility index (Phi) is 6.77. The maximum atomic E-state index is 12.8. The van der Waals surface area contributed by atoms with Gasteiger partial charge in [-0.1, -0.05) is 49.4 Å². The number of benzene rings is 3. The molecule has 0 aliphatic carbocycles. The second-order valence-corrected chi connectivity index (χ2v) is 8.45. The van der Waals surface area contributed by atoms with Crippen LogP contribution in [-0.4, -0.2) is 30.0 Å². The van der Waals surface area contributed by atoms with Gasteiger partial charge in [-0.25, -0.2) is 4.90 Å². The number of hydrogen-bond acceptors (Lipinski definition) is 4. The Labute approximate surface area is 198 Å². The second kappa shape index (κ2) is 9.91. The van der Waals surface area contributed by atoms with Crippen LogP contribution in [0.2, 0.25) is 0 Å². The van der Waals surface area contributed by atoms with E-state index in [1.54, 1.807) is 43.5 Å². The van der Waals surface area contributed by atoms with Gasteiger partial charge < -0.3 is 9.84 Å². The molecule has 0 unspecified atom stereocenters. The SMILES string of the molecule is CC[C@H](Cc1ccc(CCc2ccc(N3C(=O)c4ccccc4C3=O)cc2OC)cc1)C(=O)O. The first-order valence-electron chi connectivity index (χ1n) is 11.4. The smallest absolute Gasteiger partial charge is 0.306 e. The quantitative estimate of drug-likeness (QED) is 0.461. The van der Waals surface area contributed by atoms with Crippen LogP contribution in [0.4, 0.5) is 5.69 Å². The van der Waals surface area contributed by atoms with Crippen molar-refractivity contribution >= 4 is 23.5 Å². The van der Waals surface area contributed by atoms with E-state index in [1.165, 1.54) is 4.90 Å². The molecule has 1 N–H and O–H groups in total. The fraction of sp³-hybridized carbons (Fsp3) is 0.250. The van der Waals surface area contributed by atoms with Gasteiger partial charge in [0.15, 0.2) is 0 Å². The predicted molar refractivity (Wildman–Crippen MR) is 130 cm³/mol. The van der Waals surface area contributed by atoms with Crippen molar-refractivity contribution in [1.29, 1.82) is 0 Å². The van der Waals surface area contributed by atoms with Crippen LogP contribution in [0.1, 0.15) is 50.8 Å². The van der Waals surface area contributed by atoms with Gasteiger partial charge in [0.1, 0.15) is 5.75 Å². The molecule has 1 aliphatic rings. The summed E-state index contributed by atoms with van der Waals surface area (Å²) in [6.45, 7) is 1.89. The minimum atomic E-state index is -0.761. The number of methoxy groups -OCH3 is 1. The molecule has 0 fully saturated rings. The molecular weight excluding hydrogens is 430 g/mol. The summed E-state index contributed by atoms with van der Waals surface area (Å²) >= 11 is 0. The van der Waals surface area contributed by atoms with E-state index < -0.39 is 5.97 Å². The number of anilines is 1. The number of imide groups is 1. The third-order valence-electron chi connectivity index (χ3n) is 6.35. The zero-order valence-electron chi connectivity index (χ0n) is 19.3. The molecular formula is C28H27NO5. The molecule has 0 spiro atoms. The Morgan fingerprint density at radius 1 is 0.912 bits per heavy atom. The maximum absolute atomic E-state index is 12.8. The van der Waals surface area contributed by atoms with Crippen LogP contribution >= 0.6 is 0 Å². The Bertz CT molecular complexity index is 1200. The van der Waals surface area contributed by atoms with Crippen molar-refractivity contribution in [2.24, 2.45) is 5.92 Å². The second-order valence-electron chi connectivity index (χ2n) is 8.45. The molecule has 2 amide bonds. The van der Waals surface area contributed by atoms with E-state index in [0.717, 1.165) is 29.5 Å². The molecule has 0 saturated carbocycles. The average molecular weight is 458 g/mol. The number of carbonyl (C=O) groups excluding carboxylic acids is 2. The fourth-order valence-electron chi connectivity index (χ4n) is 4.31. The zero-order valence-corrected chi connectivity index (χ0v) is 19.3. The number of amides is 2. The average Bonchev–Trinajstić information content (AvgIpc) is 3.11. The normalized spacial score (nSPS) is 13.6. The summed E-state index contributed by atoms with van der Waals surface area (Å²) < 4.78 is 5.57. The van der Waals surface area contributed by atoms with Crippen molar-refractivity contribution in [2.75, 3.05) is 12.0 Å². The summed E-state index contributed by atoms with van der Waals surface area (Å²) in [5.74, 6) is -1.16. The van der Waals surface area contributed by atoms with Crippen LogP contribution in [0.15, 0.2) is 66.7 Å². The van der Waals surface area contributed by atoms with Crippen LogP contribution in [0.3, 0.4) is 0 Å². The largest absolute Gasteiger partial charge is 0.496 e. The first-order valence-corrected chi connectivity index (χ1v) is 11.4. The van der Waals surface area contributed by atoms with E-state index >= 15 is 0 Å². The number of aryl methyl sites for hydroxylation is 2. The van der Waals surface area contributed by atoms with Gasteiger partial charge in [-0.15, -0.1) is 0 Å². The summed E-state index contributed by atoms with van der Waals surface area (Å²) in [6.07, 6.45) is 2.63. The first kappa shape index (κ1) is 23.2. The van der Waals surface area contributed by atoms with Crippen LogP contribution in [-0.2, 0) is 24.1 Å². The van der Waals surface area contributed by atoms with Crippen molar-refractivity contribution in [3.63, 3.8) is 0 Å². The van der Waals surface area contributed by atoms with E-state index in [2.05, 4.69) is 0 Å². The van der Waals surface area contributed by atoms with Crippen LogP contribution in [0, 0.1) is 5.92 Å². The minimum absolute atomic E-state index is 0.330. The summed E-state index contributed by atoms with van der Waals surface area (Å²) in [6, 6.07) is 20.3. The number of fused-ring (bicyclic) bond motifs is 1. The summed E-state index contributed by atoms with van der Waals surface area (Å²) in [5, 5.41) is 9.26. The monoisotopic (exact) mass is 457 g/mol. The van der Waals surface area contributed by atoms with Gasteiger partial charge in [0.25, 0.3) is 11.8 Å². The minimum Gasteiger partial charge on any atom is -0.496 e. The number of aliphatic carboxylic acids is 1. The van der Waals surface area contributed by atoms with Crippen LogP contribution in [0.25, 0.3) is 0 Å². The number of rotatable bonds is 9. The Balaban J connectivity index is 1.46. The Hall–Kier alpha value is -3.93. The summed E-state index contributed by atoms with van der Waals surface area (Å²) in [7, 11) is 1.58. The molecule has 3 aromatic carbocycles. The molecule has 34 heavy (non-hydrogen) atoms. The lowest BCUT2D eigenvalue weighted by atomic mass is 9.95. The van der Waals surface area contributed by atoms with Crippen molar-refractivity contribution in [3.8, 4) is 5.75 Å². The third-order valence-corrected chi connectivity index (χ3v) is 6.35. The zero-order chi connectivity index (χ0) is 24.2. The molecule has 0 aromatic heterocycles. The van der Waals surface area contributed by atoms with Crippen LogP contribution in [0.5, 0.6) is 5.75 Å². The van der Waals surface area contributed by atoms with Crippen molar-refractivity contribution < 1.29 is 24.2 Å². The first-order chi connectivity index (χ1) is 16.4. The highest BCUT2D eigenvalue weighted by Crippen LogP contribution is 2.32. The molecule has 6 heteroatoms. The van der Waals surface area contributed by atoms with Crippen molar-refractivity contribution in [2.45, 2.75) is 32.6 Å². The van der Waals surface area contributed by atoms with E-state index in [9.17, 15) is 19.5 Å². The Morgan fingerprint density at radius 2 is 1.53 bits per heavy atom. The van der Waals surface area contributed by atoms with Gasteiger partial charge in [0.05, 0.1) is 29.8 Å². The molecule has 1 atom stereocenters. The highest BCUT2D eigenvalue weighted by molar-refractivity contribution is 6.34. The number of hydrogen-bond donors (Lipinski definition) is 1. The van der Waals surface area contributed by atoms with E-state index in [1.807, 2.05) is 37.3 Å². The maximum Gasteiger partial charge on any atom is 0.306 e. The number of carboxylic acids is 1. The molecule has 0 bridgehead atoms. The number of nitrogens with zero attached hydrogens (tertiary/aromatic N) is 1. The molecule has 4 rings (SSSR count). The van der Waals surface area contributed by atoms with E-state index in [-0.39, 0.29) is 17.7 Å². The molecule has 6 nitrogen and oxygen atoms in total. The fourth-order valence-corrected chi connectivity index (χ4v) is 4.31. The van der Waals surface area contributed by atoms with Gasteiger partial charge in [0.2, 0.25) is 0 Å². The lowest BCUT2D eigenvalue weighted by Gasteiger charge is -2.17. The number of carboxylic acid groups (broad SMARTS) is 1. The third kappa shape index (κ3) is 4.57. The molecule has 1 aliphatic heterocycles. The van der Waals surface area contributed by atoms with Gasteiger partial charge in [0, 0.05) is 6.07 Å². The van der Waals surface area contributed by atoms with Gasteiger partial charge in [-0.3, -0.25) is 14.4 Å².